The number of amides is 2. The highest BCUT2D eigenvalue weighted by atomic mass is 79.9. The lowest BCUT2D eigenvalue weighted by Crippen LogP contribution is -2.60. The quantitative estimate of drug-likeness (QED) is 0.297. The number of hydrogen-bond donors (Lipinski definition) is 2. The zero-order chi connectivity index (χ0) is 22.8. The molecule has 1 aliphatic rings. The third-order valence-electron chi connectivity index (χ3n) is 4.58. The highest BCUT2D eigenvalue weighted by Gasteiger charge is 2.34. The van der Waals surface area contributed by atoms with Crippen molar-refractivity contribution >= 4 is 51.0 Å². The summed E-state index contributed by atoms with van der Waals surface area (Å²) in [5.41, 5.74) is 0.327. The molecule has 1 saturated heterocycles. The fraction of sp³-hybridized carbons (Fsp3) is 0.524. The molecular formula is C21H28BrN3O5S. The second kappa shape index (κ2) is 12.6. The van der Waals surface area contributed by atoms with E-state index in [1.54, 1.807) is 23.1 Å². The van der Waals surface area contributed by atoms with Crippen molar-refractivity contribution in [3.05, 3.63) is 28.2 Å². The number of rotatable bonds is 9. The van der Waals surface area contributed by atoms with Gasteiger partial charge in [-0.05, 0) is 43.3 Å². The monoisotopic (exact) mass is 513 g/mol. The van der Waals surface area contributed by atoms with E-state index < -0.39 is 17.9 Å². The summed E-state index contributed by atoms with van der Waals surface area (Å²) in [6.45, 7) is 5.46. The van der Waals surface area contributed by atoms with E-state index in [0.29, 0.717) is 37.4 Å². The molecule has 0 saturated carbocycles. The molecule has 1 aliphatic heterocycles. The Morgan fingerprint density at radius 2 is 2.06 bits per heavy atom. The molecule has 0 radical (unpaired) electrons. The van der Waals surface area contributed by atoms with Gasteiger partial charge in [-0.15, -0.1) is 0 Å². The smallest absolute Gasteiger partial charge is 0.308 e. The average Bonchev–Trinajstić information content (AvgIpc) is 2.74. The minimum absolute atomic E-state index is 0.0765. The minimum atomic E-state index is -0.839. The molecule has 31 heavy (non-hydrogen) atoms. The van der Waals surface area contributed by atoms with Gasteiger partial charge < -0.3 is 19.7 Å². The van der Waals surface area contributed by atoms with Crippen LogP contribution in [0.1, 0.15) is 49.9 Å². The number of unbranched alkanes of at least 4 members (excludes halogenated alkanes) is 1. The Kier molecular flexibility index (Phi) is 10.2. The van der Waals surface area contributed by atoms with Gasteiger partial charge in [0.1, 0.15) is 11.8 Å². The number of piperazine rings is 1. The van der Waals surface area contributed by atoms with Gasteiger partial charge in [0.25, 0.3) is 5.91 Å². The van der Waals surface area contributed by atoms with E-state index >= 15 is 0 Å². The summed E-state index contributed by atoms with van der Waals surface area (Å²) < 4.78 is 11.6. The number of esters is 1. The maximum atomic E-state index is 12.9. The lowest BCUT2D eigenvalue weighted by Gasteiger charge is -2.36. The van der Waals surface area contributed by atoms with Crippen LogP contribution < -0.4 is 15.4 Å². The summed E-state index contributed by atoms with van der Waals surface area (Å²) in [5.74, 6) is -0.812. The number of hydrogen-bond acceptors (Lipinski definition) is 6. The van der Waals surface area contributed by atoms with Crippen molar-refractivity contribution < 1.29 is 23.9 Å². The van der Waals surface area contributed by atoms with Crippen LogP contribution >= 0.6 is 28.1 Å². The highest BCUT2D eigenvalue weighted by molar-refractivity contribution is 9.10. The van der Waals surface area contributed by atoms with Gasteiger partial charge in [0.2, 0.25) is 5.91 Å². The predicted molar refractivity (Wildman–Crippen MR) is 124 cm³/mol. The standard InChI is InChI=1S/C21H28BrN3O5S/c1-3-5-11-29-17-7-6-14(22)12-15(17)19(27)24-21(31)25-9-8-23-20(28)16(25)13-18(26)30-10-4-2/h6-7,12,16H,3-5,8-11,13H2,1-2H3,(H,23,28)(H,24,27,31). The summed E-state index contributed by atoms with van der Waals surface area (Å²) in [4.78, 5) is 38.9. The molecule has 2 rings (SSSR count). The van der Waals surface area contributed by atoms with Crippen molar-refractivity contribution in [3.63, 3.8) is 0 Å². The van der Waals surface area contributed by atoms with E-state index in [1.807, 2.05) is 6.92 Å². The number of halogens is 1. The van der Waals surface area contributed by atoms with Crippen molar-refractivity contribution in [2.75, 3.05) is 26.3 Å². The van der Waals surface area contributed by atoms with Crippen LogP contribution in [0.5, 0.6) is 5.75 Å². The first-order valence-corrected chi connectivity index (χ1v) is 11.5. The fourth-order valence-electron chi connectivity index (χ4n) is 2.96. The highest BCUT2D eigenvalue weighted by Crippen LogP contribution is 2.24. The normalized spacial score (nSPS) is 15.8. The van der Waals surface area contributed by atoms with Gasteiger partial charge >= 0.3 is 5.97 Å². The van der Waals surface area contributed by atoms with Gasteiger partial charge in [-0.25, -0.2) is 0 Å². The molecule has 0 aromatic heterocycles. The van der Waals surface area contributed by atoms with Crippen molar-refractivity contribution in [1.82, 2.24) is 15.5 Å². The van der Waals surface area contributed by atoms with Crippen LogP contribution in [0.15, 0.2) is 22.7 Å². The topological polar surface area (TPSA) is 97.0 Å². The van der Waals surface area contributed by atoms with Gasteiger partial charge in [-0.1, -0.05) is 36.2 Å². The average molecular weight is 514 g/mol. The molecule has 0 aliphatic carbocycles. The van der Waals surface area contributed by atoms with E-state index in [1.165, 1.54) is 0 Å². The number of carbonyl (C=O) groups is 3. The Labute approximate surface area is 196 Å². The molecule has 2 amide bonds. The molecule has 8 nitrogen and oxygen atoms in total. The van der Waals surface area contributed by atoms with E-state index in [4.69, 9.17) is 21.7 Å². The molecule has 1 heterocycles. The Hall–Kier alpha value is -2.20. The molecule has 1 fully saturated rings. The van der Waals surface area contributed by atoms with Gasteiger partial charge in [-0.2, -0.15) is 0 Å². The van der Waals surface area contributed by atoms with Crippen LogP contribution in [0.3, 0.4) is 0 Å². The molecule has 0 spiro atoms. The first kappa shape index (κ1) is 25.1. The summed E-state index contributed by atoms with van der Waals surface area (Å²) in [6, 6.07) is 4.33. The van der Waals surface area contributed by atoms with Crippen LogP contribution in [0, 0.1) is 0 Å². The van der Waals surface area contributed by atoms with Crippen LogP contribution in [-0.4, -0.2) is 60.1 Å². The number of thiocarbonyl (C=S) groups is 1. The van der Waals surface area contributed by atoms with E-state index in [0.717, 1.165) is 17.3 Å². The molecule has 1 aromatic rings. The summed E-state index contributed by atoms with van der Waals surface area (Å²) in [7, 11) is 0. The number of carbonyl (C=O) groups excluding carboxylic acids is 3. The molecule has 0 bridgehead atoms. The maximum absolute atomic E-state index is 12.9. The first-order valence-electron chi connectivity index (χ1n) is 10.3. The lowest BCUT2D eigenvalue weighted by atomic mass is 10.1. The van der Waals surface area contributed by atoms with E-state index in [2.05, 4.69) is 33.5 Å². The van der Waals surface area contributed by atoms with Crippen molar-refractivity contribution in [2.45, 2.75) is 45.6 Å². The van der Waals surface area contributed by atoms with Crippen LogP contribution in [0.4, 0.5) is 0 Å². The van der Waals surface area contributed by atoms with E-state index in [-0.39, 0.29) is 24.0 Å². The maximum Gasteiger partial charge on any atom is 0.308 e. The lowest BCUT2D eigenvalue weighted by molar-refractivity contribution is -0.147. The SMILES string of the molecule is CCCCOc1ccc(Br)cc1C(=O)NC(=S)N1CCNC(=O)C1CC(=O)OCCC. The molecule has 2 N–H and O–H groups in total. The van der Waals surface area contributed by atoms with Crippen LogP contribution in [0.2, 0.25) is 0 Å². The predicted octanol–water partition coefficient (Wildman–Crippen LogP) is 2.79. The Morgan fingerprint density at radius 1 is 1.29 bits per heavy atom. The first-order chi connectivity index (χ1) is 14.9. The Bertz CT molecular complexity index is 820. The Morgan fingerprint density at radius 3 is 2.77 bits per heavy atom. The molecule has 170 valence electrons. The molecule has 1 atom stereocenters. The van der Waals surface area contributed by atoms with Gasteiger partial charge in [0, 0.05) is 17.6 Å². The third-order valence-corrected chi connectivity index (χ3v) is 5.41. The van der Waals surface area contributed by atoms with Gasteiger partial charge in [-0.3, -0.25) is 19.7 Å². The van der Waals surface area contributed by atoms with Gasteiger partial charge in [0.05, 0.1) is 25.2 Å². The number of nitrogens with zero attached hydrogens (tertiary/aromatic N) is 1. The van der Waals surface area contributed by atoms with Crippen LogP contribution in [0.25, 0.3) is 0 Å². The van der Waals surface area contributed by atoms with Crippen molar-refractivity contribution in [2.24, 2.45) is 0 Å². The fourth-order valence-corrected chi connectivity index (χ4v) is 3.63. The summed E-state index contributed by atoms with van der Waals surface area (Å²) in [6.07, 6.45) is 2.38. The second-order valence-electron chi connectivity index (χ2n) is 7.03. The molecular weight excluding hydrogens is 486 g/mol. The van der Waals surface area contributed by atoms with Gasteiger partial charge in [0.15, 0.2) is 5.11 Å². The third kappa shape index (κ3) is 7.46. The Balaban J connectivity index is 2.11. The zero-order valence-electron chi connectivity index (χ0n) is 17.7. The number of ether oxygens (including phenoxy) is 2. The largest absolute Gasteiger partial charge is 0.493 e. The summed E-state index contributed by atoms with van der Waals surface area (Å²) >= 11 is 8.78. The molecule has 10 heteroatoms. The number of benzene rings is 1. The minimum Gasteiger partial charge on any atom is -0.493 e. The summed E-state index contributed by atoms with van der Waals surface area (Å²) in [5, 5.41) is 5.47. The molecule has 1 aromatic carbocycles. The van der Waals surface area contributed by atoms with Crippen LogP contribution in [-0.2, 0) is 14.3 Å². The molecule has 1 unspecified atom stereocenters. The van der Waals surface area contributed by atoms with Crippen molar-refractivity contribution in [1.29, 1.82) is 0 Å². The zero-order valence-corrected chi connectivity index (χ0v) is 20.1. The second-order valence-corrected chi connectivity index (χ2v) is 8.33. The van der Waals surface area contributed by atoms with Crippen molar-refractivity contribution in [3.8, 4) is 5.75 Å². The van der Waals surface area contributed by atoms with E-state index in [9.17, 15) is 14.4 Å². The number of nitrogens with one attached hydrogen (secondary N) is 2.